The zero-order chi connectivity index (χ0) is 11.6. The first-order chi connectivity index (χ1) is 6.97. The molecule has 5 nitrogen and oxygen atoms in total. The van der Waals surface area contributed by atoms with Crippen molar-refractivity contribution in [3.05, 3.63) is 22.4 Å². The molecule has 0 aliphatic rings. The first kappa shape index (κ1) is 11.6. The molecule has 0 unspecified atom stereocenters. The Bertz CT molecular complexity index is 415. The molecule has 1 aromatic heterocycles. The third-order valence-corrected chi connectivity index (χ3v) is 2.14. The highest BCUT2D eigenvalue weighted by Gasteiger charge is 2.15. The molecule has 0 radical (unpaired) electrons. The van der Waals surface area contributed by atoms with Crippen molar-refractivity contribution in [1.82, 2.24) is 9.13 Å². The summed E-state index contributed by atoms with van der Waals surface area (Å²) in [6.45, 7) is 6.65. The molecule has 0 aliphatic carbocycles. The molecule has 0 aromatic carbocycles. The second-order valence-electron chi connectivity index (χ2n) is 3.89. The van der Waals surface area contributed by atoms with E-state index in [9.17, 15) is 9.59 Å². The van der Waals surface area contributed by atoms with Crippen LogP contribution in [0, 0.1) is 5.92 Å². The van der Waals surface area contributed by atoms with Gasteiger partial charge in [-0.15, -0.1) is 0 Å². The number of hydrogen-bond donors (Lipinski definition) is 1. The SMILES string of the molecule is CCn1c(C(=O)O)cn(CC(C)C)c1=O. The fourth-order valence-electron chi connectivity index (χ4n) is 1.53. The van der Waals surface area contributed by atoms with Gasteiger partial charge >= 0.3 is 11.7 Å². The van der Waals surface area contributed by atoms with E-state index in [2.05, 4.69) is 0 Å². The highest BCUT2D eigenvalue weighted by molar-refractivity contribution is 5.85. The Kier molecular flexibility index (Phi) is 3.34. The van der Waals surface area contributed by atoms with Crippen molar-refractivity contribution in [2.24, 2.45) is 5.92 Å². The Hall–Kier alpha value is -1.52. The van der Waals surface area contributed by atoms with Crippen LogP contribution in [0.4, 0.5) is 0 Å². The van der Waals surface area contributed by atoms with E-state index in [0.717, 1.165) is 0 Å². The minimum Gasteiger partial charge on any atom is -0.477 e. The minimum absolute atomic E-state index is 0.0585. The maximum absolute atomic E-state index is 11.7. The number of carboxylic acid groups (broad SMARTS) is 1. The smallest absolute Gasteiger partial charge is 0.354 e. The topological polar surface area (TPSA) is 64.2 Å². The van der Waals surface area contributed by atoms with E-state index in [1.807, 2.05) is 13.8 Å². The average Bonchev–Trinajstić information content (AvgIpc) is 2.43. The largest absolute Gasteiger partial charge is 0.477 e. The maximum atomic E-state index is 11.7. The molecular formula is C10H16N2O3. The second-order valence-corrected chi connectivity index (χ2v) is 3.89. The van der Waals surface area contributed by atoms with Crippen molar-refractivity contribution in [2.45, 2.75) is 33.9 Å². The number of imidazole rings is 1. The van der Waals surface area contributed by atoms with Gasteiger partial charge in [0.05, 0.1) is 0 Å². The highest BCUT2D eigenvalue weighted by atomic mass is 16.4. The van der Waals surface area contributed by atoms with Crippen LogP contribution in [0.15, 0.2) is 11.0 Å². The summed E-state index contributed by atoms with van der Waals surface area (Å²) in [6.07, 6.45) is 1.41. The molecule has 0 fully saturated rings. The van der Waals surface area contributed by atoms with E-state index in [0.29, 0.717) is 19.0 Å². The van der Waals surface area contributed by atoms with Crippen LogP contribution in [0.1, 0.15) is 31.3 Å². The summed E-state index contributed by atoms with van der Waals surface area (Å²) in [4.78, 5) is 22.6. The third-order valence-electron chi connectivity index (χ3n) is 2.14. The number of hydrogen-bond acceptors (Lipinski definition) is 2. The Labute approximate surface area is 88.0 Å². The molecule has 0 bridgehead atoms. The van der Waals surface area contributed by atoms with Gasteiger partial charge in [-0.25, -0.2) is 9.59 Å². The van der Waals surface area contributed by atoms with Crippen molar-refractivity contribution in [1.29, 1.82) is 0 Å². The van der Waals surface area contributed by atoms with Crippen LogP contribution >= 0.6 is 0 Å². The molecule has 0 saturated heterocycles. The van der Waals surface area contributed by atoms with E-state index in [-0.39, 0.29) is 11.4 Å². The van der Waals surface area contributed by atoms with Crippen LogP contribution in [0.3, 0.4) is 0 Å². The van der Waals surface area contributed by atoms with Crippen LogP contribution in [0.2, 0.25) is 0 Å². The van der Waals surface area contributed by atoms with Gasteiger partial charge in [0.15, 0.2) is 0 Å². The first-order valence-electron chi connectivity index (χ1n) is 5.00. The first-order valence-corrected chi connectivity index (χ1v) is 5.00. The fraction of sp³-hybridized carbons (Fsp3) is 0.600. The van der Waals surface area contributed by atoms with E-state index in [1.54, 1.807) is 6.92 Å². The number of nitrogens with zero attached hydrogens (tertiary/aromatic N) is 2. The van der Waals surface area contributed by atoms with Gasteiger partial charge in [0.1, 0.15) is 5.69 Å². The lowest BCUT2D eigenvalue weighted by Gasteiger charge is -2.03. The van der Waals surface area contributed by atoms with Crippen molar-refractivity contribution in [3.63, 3.8) is 0 Å². The van der Waals surface area contributed by atoms with Gasteiger partial charge in [-0.1, -0.05) is 13.8 Å². The predicted octanol–water partition coefficient (Wildman–Crippen LogP) is 1.02. The number of carbonyl (C=O) groups is 1. The molecule has 0 spiro atoms. The van der Waals surface area contributed by atoms with Gasteiger partial charge in [0.25, 0.3) is 0 Å². The number of aromatic carboxylic acids is 1. The van der Waals surface area contributed by atoms with Crippen LogP contribution in [-0.4, -0.2) is 20.2 Å². The van der Waals surface area contributed by atoms with E-state index in [4.69, 9.17) is 5.11 Å². The summed E-state index contributed by atoms with van der Waals surface area (Å²) in [6, 6.07) is 0. The van der Waals surface area contributed by atoms with Gasteiger partial charge in [0, 0.05) is 19.3 Å². The molecule has 1 heterocycles. The summed E-state index contributed by atoms with van der Waals surface area (Å²) in [7, 11) is 0. The van der Waals surface area contributed by atoms with E-state index >= 15 is 0 Å². The van der Waals surface area contributed by atoms with Crippen molar-refractivity contribution in [3.8, 4) is 0 Å². The van der Waals surface area contributed by atoms with E-state index < -0.39 is 5.97 Å². The monoisotopic (exact) mass is 212 g/mol. The molecule has 1 N–H and O–H groups in total. The van der Waals surface area contributed by atoms with Crippen LogP contribution in [-0.2, 0) is 13.1 Å². The van der Waals surface area contributed by atoms with Gasteiger partial charge < -0.3 is 5.11 Å². The number of aromatic nitrogens is 2. The molecule has 84 valence electrons. The molecule has 1 aromatic rings. The number of carboxylic acids is 1. The second kappa shape index (κ2) is 4.33. The van der Waals surface area contributed by atoms with Crippen LogP contribution in [0.5, 0.6) is 0 Å². The van der Waals surface area contributed by atoms with Crippen molar-refractivity contribution in [2.75, 3.05) is 0 Å². The number of rotatable bonds is 4. The molecule has 15 heavy (non-hydrogen) atoms. The molecule has 0 saturated carbocycles. The minimum atomic E-state index is -1.06. The zero-order valence-corrected chi connectivity index (χ0v) is 9.23. The normalized spacial score (nSPS) is 10.9. The highest BCUT2D eigenvalue weighted by Crippen LogP contribution is 2.02. The van der Waals surface area contributed by atoms with Gasteiger partial charge in [-0.05, 0) is 12.8 Å². The molecule has 0 aliphatic heterocycles. The standard InChI is InChI=1S/C10H16N2O3/c1-4-12-8(9(13)14)6-11(10(12)15)5-7(2)3/h6-7H,4-5H2,1-3H3,(H,13,14). The Morgan fingerprint density at radius 3 is 2.47 bits per heavy atom. The van der Waals surface area contributed by atoms with Crippen LogP contribution in [0.25, 0.3) is 0 Å². The molecule has 0 atom stereocenters. The Balaban J connectivity index is 3.21. The predicted molar refractivity (Wildman–Crippen MR) is 56.2 cm³/mol. The van der Waals surface area contributed by atoms with Gasteiger partial charge in [0.2, 0.25) is 0 Å². The van der Waals surface area contributed by atoms with Crippen molar-refractivity contribution >= 4 is 5.97 Å². The quantitative estimate of drug-likeness (QED) is 0.810. The van der Waals surface area contributed by atoms with E-state index in [1.165, 1.54) is 15.3 Å². The van der Waals surface area contributed by atoms with Gasteiger partial charge in [-0.2, -0.15) is 0 Å². The summed E-state index contributed by atoms with van der Waals surface area (Å²) in [5, 5.41) is 8.90. The lowest BCUT2D eigenvalue weighted by molar-refractivity contribution is 0.0684. The summed E-state index contributed by atoms with van der Waals surface area (Å²) < 4.78 is 2.72. The average molecular weight is 212 g/mol. The summed E-state index contributed by atoms with van der Waals surface area (Å²) in [5.41, 5.74) is -0.188. The Morgan fingerprint density at radius 2 is 2.13 bits per heavy atom. The fourth-order valence-corrected chi connectivity index (χ4v) is 1.53. The molecule has 0 amide bonds. The van der Waals surface area contributed by atoms with Crippen molar-refractivity contribution < 1.29 is 9.90 Å². The molecule has 5 heteroatoms. The Morgan fingerprint density at radius 1 is 1.53 bits per heavy atom. The lowest BCUT2D eigenvalue weighted by Crippen LogP contribution is -2.26. The summed E-state index contributed by atoms with van der Waals surface area (Å²) in [5.74, 6) is -0.742. The maximum Gasteiger partial charge on any atom is 0.354 e. The molecule has 1 rings (SSSR count). The molecular weight excluding hydrogens is 196 g/mol. The lowest BCUT2D eigenvalue weighted by atomic mass is 10.2. The van der Waals surface area contributed by atoms with Crippen LogP contribution < -0.4 is 5.69 Å². The third kappa shape index (κ3) is 2.29. The van der Waals surface area contributed by atoms with Gasteiger partial charge in [-0.3, -0.25) is 9.13 Å². The summed E-state index contributed by atoms with van der Waals surface area (Å²) >= 11 is 0. The zero-order valence-electron chi connectivity index (χ0n) is 9.23.